The zero-order valence-electron chi connectivity index (χ0n) is 7.68. The van der Waals surface area contributed by atoms with Crippen molar-refractivity contribution in [1.29, 1.82) is 0 Å². The van der Waals surface area contributed by atoms with E-state index >= 15 is 0 Å². The van der Waals surface area contributed by atoms with Crippen LogP contribution in [0, 0.1) is 6.92 Å². The highest BCUT2D eigenvalue weighted by atomic mass is 15.4. The summed E-state index contributed by atoms with van der Waals surface area (Å²) in [6, 6.07) is 1.97. The fraction of sp³-hybridized carbons (Fsp3) is 0.375. The van der Waals surface area contributed by atoms with Gasteiger partial charge in [-0.15, -0.1) is 0 Å². The molecule has 2 rings (SSSR count). The molecule has 0 aliphatic rings. The zero-order valence-corrected chi connectivity index (χ0v) is 7.68. The Kier molecular flexibility index (Phi) is 1.84. The van der Waals surface area contributed by atoms with E-state index in [2.05, 4.69) is 15.2 Å². The molecule has 0 saturated carbocycles. The van der Waals surface area contributed by atoms with Gasteiger partial charge in [0, 0.05) is 18.9 Å². The number of nitrogens with zero attached hydrogens (tertiary/aromatic N) is 5. The van der Waals surface area contributed by atoms with E-state index < -0.39 is 0 Å². The predicted octanol–water partition coefficient (Wildman–Crippen LogP) is 0.368. The lowest BCUT2D eigenvalue weighted by atomic mass is 10.5. The van der Waals surface area contributed by atoms with Crippen molar-refractivity contribution in [2.75, 3.05) is 0 Å². The molecular formula is C8H11N5. The van der Waals surface area contributed by atoms with Gasteiger partial charge < -0.3 is 0 Å². The molecule has 0 N–H and O–H groups in total. The molecule has 0 saturated heterocycles. The van der Waals surface area contributed by atoms with Crippen LogP contribution in [0.3, 0.4) is 0 Å². The molecule has 0 atom stereocenters. The molecule has 2 aromatic heterocycles. The number of aryl methyl sites for hydroxylation is 2. The molecule has 2 aromatic rings. The van der Waals surface area contributed by atoms with E-state index in [9.17, 15) is 0 Å². The summed E-state index contributed by atoms with van der Waals surface area (Å²) in [6.07, 6.45) is 3.33. The Morgan fingerprint density at radius 3 is 2.77 bits per heavy atom. The van der Waals surface area contributed by atoms with Gasteiger partial charge in [0.1, 0.15) is 18.7 Å². The van der Waals surface area contributed by atoms with Crippen molar-refractivity contribution in [2.24, 2.45) is 7.05 Å². The molecule has 0 aliphatic heterocycles. The highest BCUT2D eigenvalue weighted by molar-refractivity contribution is 4.99. The first-order chi connectivity index (χ1) is 6.27. The lowest BCUT2D eigenvalue weighted by Gasteiger charge is -2.02. The molecule has 0 unspecified atom stereocenters. The largest absolute Gasteiger partial charge is 0.262 e. The summed E-state index contributed by atoms with van der Waals surface area (Å²) in [6.45, 7) is 2.69. The van der Waals surface area contributed by atoms with Crippen molar-refractivity contribution in [2.45, 2.75) is 13.5 Å². The number of hydrogen-bond acceptors (Lipinski definition) is 3. The third kappa shape index (κ3) is 1.44. The first-order valence-electron chi connectivity index (χ1n) is 4.08. The first kappa shape index (κ1) is 7.97. The van der Waals surface area contributed by atoms with Gasteiger partial charge in [-0.3, -0.25) is 9.36 Å². The van der Waals surface area contributed by atoms with Crippen molar-refractivity contribution >= 4 is 0 Å². The lowest BCUT2D eigenvalue weighted by molar-refractivity contribution is 0.596. The molecule has 0 amide bonds. The average Bonchev–Trinajstić information content (AvgIpc) is 2.65. The quantitative estimate of drug-likeness (QED) is 0.665. The van der Waals surface area contributed by atoms with E-state index in [1.807, 2.05) is 24.7 Å². The van der Waals surface area contributed by atoms with Crippen LogP contribution in [0.1, 0.15) is 11.5 Å². The average molecular weight is 177 g/mol. The molecule has 0 fully saturated rings. The van der Waals surface area contributed by atoms with Gasteiger partial charge in [-0.2, -0.15) is 10.2 Å². The Hall–Kier alpha value is -1.65. The summed E-state index contributed by atoms with van der Waals surface area (Å²) < 4.78 is 3.64. The third-order valence-electron chi connectivity index (χ3n) is 2.03. The molecule has 68 valence electrons. The molecule has 0 spiro atoms. The van der Waals surface area contributed by atoms with Crippen molar-refractivity contribution in [3.05, 3.63) is 30.1 Å². The van der Waals surface area contributed by atoms with Crippen LogP contribution < -0.4 is 0 Å². The number of aromatic nitrogens is 5. The summed E-state index contributed by atoms with van der Waals surface area (Å²) >= 11 is 0. The highest BCUT2D eigenvalue weighted by Crippen LogP contribution is 2.00. The minimum absolute atomic E-state index is 0.676. The molecule has 2 heterocycles. The Labute approximate surface area is 76.0 Å². The smallest absolute Gasteiger partial charge is 0.148 e. The summed E-state index contributed by atoms with van der Waals surface area (Å²) in [4.78, 5) is 4.12. The second-order valence-corrected chi connectivity index (χ2v) is 2.93. The van der Waals surface area contributed by atoms with E-state index in [4.69, 9.17) is 0 Å². The highest BCUT2D eigenvalue weighted by Gasteiger charge is 2.03. The molecule has 13 heavy (non-hydrogen) atoms. The first-order valence-corrected chi connectivity index (χ1v) is 4.08. The normalized spacial score (nSPS) is 10.6. The maximum Gasteiger partial charge on any atom is 0.148 e. The van der Waals surface area contributed by atoms with Crippen LogP contribution >= 0.6 is 0 Å². The van der Waals surface area contributed by atoms with Crippen molar-refractivity contribution in [1.82, 2.24) is 24.5 Å². The summed E-state index contributed by atoms with van der Waals surface area (Å²) in [5, 5.41) is 8.16. The lowest BCUT2D eigenvalue weighted by Crippen LogP contribution is -2.09. The SMILES string of the molecule is Cc1ccnn1Cc1ncnn1C. The fourth-order valence-corrected chi connectivity index (χ4v) is 1.16. The van der Waals surface area contributed by atoms with Crippen LogP contribution in [0.15, 0.2) is 18.6 Å². The summed E-state index contributed by atoms with van der Waals surface area (Å²) in [7, 11) is 1.88. The van der Waals surface area contributed by atoms with Crippen molar-refractivity contribution in [3.8, 4) is 0 Å². The van der Waals surface area contributed by atoms with Gasteiger partial charge in [0.2, 0.25) is 0 Å². The van der Waals surface area contributed by atoms with Crippen LogP contribution in [0.2, 0.25) is 0 Å². The molecule has 5 nitrogen and oxygen atoms in total. The topological polar surface area (TPSA) is 48.5 Å². The van der Waals surface area contributed by atoms with Gasteiger partial charge in [0.05, 0.1) is 0 Å². The predicted molar refractivity (Wildman–Crippen MR) is 47.1 cm³/mol. The minimum atomic E-state index is 0.676. The molecular weight excluding hydrogens is 166 g/mol. The van der Waals surface area contributed by atoms with Gasteiger partial charge in [0.15, 0.2) is 0 Å². The molecule has 0 bridgehead atoms. The Morgan fingerprint density at radius 2 is 2.23 bits per heavy atom. The molecule has 0 aromatic carbocycles. The van der Waals surface area contributed by atoms with Gasteiger partial charge in [-0.1, -0.05) is 0 Å². The van der Waals surface area contributed by atoms with Crippen LogP contribution in [-0.4, -0.2) is 24.5 Å². The van der Waals surface area contributed by atoms with E-state index in [-0.39, 0.29) is 0 Å². The van der Waals surface area contributed by atoms with Crippen LogP contribution in [0.4, 0.5) is 0 Å². The van der Waals surface area contributed by atoms with E-state index in [1.165, 1.54) is 0 Å². The maximum absolute atomic E-state index is 4.17. The van der Waals surface area contributed by atoms with Gasteiger partial charge >= 0.3 is 0 Å². The molecule has 5 heteroatoms. The second-order valence-electron chi connectivity index (χ2n) is 2.93. The Balaban J connectivity index is 2.24. The maximum atomic E-state index is 4.17. The van der Waals surface area contributed by atoms with Crippen LogP contribution in [0.25, 0.3) is 0 Å². The van der Waals surface area contributed by atoms with E-state index in [0.29, 0.717) is 6.54 Å². The minimum Gasteiger partial charge on any atom is -0.262 e. The van der Waals surface area contributed by atoms with Gasteiger partial charge in [-0.25, -0.2) is 4.98 Å². The van der Waals surface area contributed by atoms with Gasteiger partial charge in [-0.05, 0) is 13.0 Å². The van der Waals surface area contributed by atoms with Crippen molar-refractivity contribution < 1.29 is 0 Å². The van der Waals surface area contributed by atoms with Gasteiger partial charge in [0.25, 0.3) is 0 Å². The van der Waals surface area contributed by atoms with Crippen LogP contribution in [-0.2, 0) is 13.6 Å². The van der Waals surface area contributed by atoms with Crippen LogP contribution in [0.5, 0.6) is 0 Å². The van der Waals surface area contributed by atoms with E-state index in [0.717, 1.165) is 11.5 Å². The second kappa shape index (κ2) is 3.01. The Bertz CT molecular complexity index is 362. The number of rotatable bonds is 2. The summed E-state index contributed by atoms with van der Waals surface area (Å²) in [5.74, 6) is 0.909. The monoisotopic (exact) mass is 177 g/mol. The Morgan fingerprint density at radius 1 is 1.38 bits per heavy atom. The standard InChI is InChI=1S/C8H11N5/c1-7-3-4-10-13(7)5-8-9-6-11-12(8)2/h3-4,6H,5H2,1-2H3. The number of hydrogen-bond donors (Lipinski definition) is 0. The third-order valence-corrected chi connectivity index (χ3v) is 2.03. The van der Waals surface area contributed by atoms with E-state index in [1.54, 1.807) is 17.2 Å². The summed E-state index contributed by atoms with van der Waals surface area (Å²) in [5.41, 5.74) is 1.13. The fourth-order valence-electron chi connectivity index (χ4n) is 1.16. The zero-order chi connectivity index (χ0) is 9.26. The molecule has 0 aliphatic carbocycles. The molecule has 0 radical (unpaired) electrons. The van der Waals surface area contributed by atoms with Crippen molar-refractivity contribution in [3.63, 3.8) is 0 Å².